The van der Waals surface area contributed by atoms with Crippen molar-refractivity contribution in [2.75, 3.05) is 13.2 Å². The van der Waals surface area contributed by atoms with E-state index in [1.807, 2.05) is 0 Å². The van der Waals surface area contributed by atoms with Crippen LogP contribution in [0.2, 0.25) is 0 Å². The van der Waals surface area contributed by atoms with E-state index in [0.717, 1.165) is 25.9 Å². The van der Waals surface area contributed by atoms with Crippen molar-refractivity contribution in [2.45, 2.75) is 57.8 Å². The zero-order valence-electron chi connectivity index (χ0n) is 11.8. The number of ether oxygens (including phenoxy) is 2. The minimum absolute atomic E-state index is 0.0384. The molecule has 0 aliphatic carbocycles. The summed E-state index contributed by atoms with van der Waals surface area (Å²) in [4.78, 5) is 22.7. The highest BCUT2D eigenvalue weighted by Crippen LogP contribution is 2.13. The molecule has 19 heavy (non-hydrogen) atoms. The summed E-state index contributed by atoms with van der Waals surface area (Å²) < 4.78 is 10.9. The first-order valence-electron chi connectivity index (χ1n) is 6.61. The summed E-state index contributed by atoms with van der Waals surface area (Å²) >= 11 is 0. The van der Waals surface area contributed by atoms with Gasteiger partial charge in [-0.15, -0.1) is 0 Å². The average molecular weight is 273 g/mol. The van der Waals surface area contributed by atoms with Gasteiger partial charge in [0.1, 0.15) is 11.6 Å². The fourth-order valence-corrected chi connectivity index (χ4v) is 1.73. The molecule has 1 rings (SSSR count). The Morgan fingerprint density at radius 2 is 2.16 bits per heavy atom. The lowest BCUT2D eigenvalue weighted by molar-refractivity contribution is -0.149. The second kappa shape index (κ2) is 6.86. The molecule has 1 aliphatic heterocycles. The number of carbonyl (C=O) groups is 2. The Labute approximate surface area is 113 Å². The fraction of sp³-hybridized carbons (Fsp3) is 0.846. The molecule has 0 aromatic heterocycles. The normalized spacial score (nSPS) is 21.7. The van der Waals surface area contributed by atoms with Gasteiger partial charge in [0, 0.05) is 6.61 Å². The van der Waals surface area contributed by atoms with Crippen molar-refractivity contribution in [3.05, 3.63) is 0 Å². The third kappa shape index (κ3) is 5.16. The highest BCUT2D eigenvalue weighted by molar-refractivity contribution is 5.88. The zero-order chi connectivity index (χ0) is 14.5. The molecule has 0 aromatic carbocycles. The molecule has 110 valence electrons. The van der Waals surface area contributed by atoms with E-state index in [1.165, 1.54) is 13.8 Å². The van der Waals surface area contributed by atoms with E-state index >= 15 is 0 Å². The standard InChI is InChI=1S/C13H23NO5/c1-9(11(15)14-13(2,3)12(16)17)19-8-10-6-4-5-7-18-10/h9-10H,4-8H2,1-3H3,(H,14,15)(H,16,17)/t9-,10-/m1/s1. The Hall–Kier alpha value is -1.14. The molecule has 1 aliphatic rings. The van der Waals surface area contributed by atoms with Gasteiger partial charge in [-0.25, -0.2) is 4.79 Å². The lowest BCUT2D eigenvalue weighted by Gasteiger charge is -2.26. The van der Waals surface area contributed by atoms with E-state index in [-0.39, 0.29) is 6.10 Å². The number of aliphatic carboxylic acids is 1. The Balaban J connectivity index is 2.34. The van der Waals surface area contributed by atoms with Crippen LogP contribution >= 0.6 is 0 Å². The van der Waals surface area contributed by atoms with Crippen LogP contribution in [0.25, 0.3) is 0 Å². The first-order valence-corrected chi connectivity index (χ1v) is 6.61. The molecule has 2 N–H and O–H groups in total. The third-order valence-corrected chi connectivity index (χ3v) is 3.15. The minimum Gasteiger partial charge on any atom is -0.480 e. The number of nitrogens with one attached hydrogen (secondary N) is 1. The molecule has 0 saturated carbocycles. The van der Waals surface area contributed by atoms with E-state index < -0.39 is 23.5 Å². The van der Waals surface area contributed by atoms with Crippen molar-refractivity contribution in [3.63, 3.8) is 0 Å². The lowest BCUT2D eigenvalue weighted by atomic mass is 10.1. The smallest absolute Gasteiger partial charge is 0.328 e. The highest BCUT2D eigenvalue weighted by atomic mass is 16.5. The summed E-state index contributed by atoms with van der Waals surface area (Å²) in [5, 5.41) is 11.4. The van der Waals surface area contributed by atoms with E-state index in [4.69, 9.17) is 14.6 Å². The van der Waals surface area contributed by atoms with Crippen LogP contribution in [0, 0.1) is 0 Å². The fourth-order valence-electron chi connectivity index (χ4n) is 1.73. The van der Waals surface area contributed by atoms with Crippen LogP contribution < -0.4 is 5.32 Å². The van der Waals surface area contributed by atoms with Gasteiger partial charge in [-0.05, 0) is 40.0 Å². The third-order valence-electron chi connectivity index (χ3n) is 3.15. The summed E-state index contributed by atoms with van der Waals surface area (Å²) in [7, 11) is 0. The SMILES string of the molecule is C[C@@H](OC[C@H]1CCCCO1)C(=O)NC(C)(C)C(=O)O. The van der Waals surface area contributed by atoms with E-state index in [9.17, 15) is 9.59 Å². The lowest BCUT2D eigenvalue weighted by Crippen LogP contribution is -2.53. The first kappa shape index (κ1) is 15.9. The van der Waals surface area contributed by atoms with Gasteiger partial charge < -0.3 is 19.9 Å². The second-order valence-corrected chi connectivity index (χ2v) is 5.38. The minimum atomic E-state index is -1.30. The summed E-state index contributed by atoms with van der Waals surface area (Å²) in [6, 6.07) is 0. The molecular weight excluding hydrogens is 250 g/mol. The number of carbonyl (C=O) groups excluding carboxylic acids is 1. The van der Waals surface area contributed by atoms with Crippen LogP contribution in [0.3, 0.4) is 0 Å². The largest absolute Gasteiger partial charge is 0.480 e. The second-order valence-electron chi connectivity index (χ2n) is 5.38. The van der Waals surface area contributed by atoms with Gasteiger partial charge in [-0.3, -0.25) is 4.79 Å². The van der Waals surface area contributed by atoms with Crippen LogP contribution in [0.4, 0.5) is 0 Å². The molecule has 1 amide bonds. The van der Waals surface area contributed by atoms with Crippen molar-refractivity contribution in [1.82, 2.24) is 5.32 Å². The number of carboxylic acids is 1. The maximum atomic E-state index is 11.8. The number of hydrogen-bond acceptors (Lipinski definition) is 4. The summed E-state index contributed by atoms with van der Waals surface area (Å²) in [6.45, 7) is 5.58. The maximum absolute atomic E-state index is 11.8. The van der Waals surface area contributed by atoms with E-state index in [1.54, 1.807) is 6.92 Å². The summed E-state index contributed by atoms with van der Waals surface area (Å²) in [5.74, 6) is -1.51. The molecule has 1 heterocycles. The van der Waals surface area contributed by atoms with Gasteiger partial charge in [0.15, 0.2) is 0 Å². The Bertz CT molecular complexity index is 323. The van der Waals surface area contributed by atoms with Gasteiger partial charge in [0.2, 0.25) is 5.91 Å². The van der Waals surface area contributed by atoms with Gasteiger partial charge in [-0.1, -0.05) is 0 Å². The molecule has 0 bridgehead atoms. The molecule has 0 spiro atoms. The van der Waals surface area contributed by atoms with Crippen molar-refractivity contribution in [1.29, 1.82) is 0 Å². The Kier molecular flexibility index (Phi) is 5.75. The molecule has 1 saturated heterocycles. The predicted octanol–water partition coefficient (Wildman–Crippen LogP) is 0.940. The van der Waals surface area contributed by atoms with E-state index in [0.29, 0.717) is 6.61 Å². The molecule has 0 unspecified atom stereocenters. The predicted molar refractivity (Wildman–Crippen MR) is 68.9 cm³/mol. The van der Waals surface area contributed by atoms with Crippen molar-refractivity contribution < 1.29 is 24.2 Å². The Morgan fingerprint density at radius 3 is 2.68 bits per heavy atom. The molecule has 2 atom stereocenters. The molecule has 6 heteroatoms. The number of amides is 1. The van der Waals surface area contributed by atoms with Crippen LogP contribution in [0.5, 0.6) is 0 Å². The zero-order valence-corrected chi connectivity index (χ0v) is 11.8. The topological polar surface area (TPSA) is 84.9 Å². The van der Waals surface area contributed by atoms with E-state index in [2.05, 4.69) is 5.32 Å². The van der Waals surface area contributed by atoms with Gasteiger partial charge >= 0.3 is 5.97 Å². The monoisotopic (exact) mass is 273 g/mol. The Morgan fingerprint density at radius 1 is 1.47 bits per heavy atom. The number of hydrogen-bond donors (Lipinski definition) is 2. The van der Waals surface area contributed by atoms with Crippen LogP contribution in [0.1, 0.15) is 40.0 Å². The maximum Gasteiger partial charge on any atom is 0.328 e. The van der Waals surface area contributed by atoms with Gasteiger partial charge in [0.25, 0.3) is 0 Å². The molecule has 0 aromatic rings. The number of carboxylic acid groups (broad SMARTS) is 1. The summed E-state index contributed by atoms with van der Waals surface area (Å²) in [6.07, 6.45) is 2.47. The summed E-state index contributed by atoms with van der Waals surface area (Å²) in [5.41, 5.74) is -1.30. The van der Waals surface area contributed by atoms with Gasteiger partial charge in [0.05, 0.1) is 12.7 Å². The van der Waals surface area contributed by atoms with Crippen LogP contribution in [-0.2, 0) is 19.1 Å². The van der Waals surface area contributed by atoms with Crippen molar-refractivity contribution in [2.24, 2.45) is 0 Å². The number of rotatable bonds is 6. The molecule has 1 fully saturated rings. The first-order chi connectivity index (χ1) is 8.83. The van der Waals surface area contributed by atoms with Crippen molar-refractivity contribution >= 4 is 11.9 Å². The molecule has 6 nitrogen and oxygen atoms in total. The van der Waals surface area contributed by atoms with Crippen LogP contribution in [-0.4, -0.2) is 47.9 Å². The molecular formula is C13H23NO5. The quantitative estimate of drug-likeness (QED) is 0.752. The van der Waals surface area contributed by atoms with Crippen molar-refractivity contribution in [3.8, 4) is 0 Å². The van der Waals surface area contributed by atoms with Gasteiger partial charge in [-0.2, -0.15) is 0 Å². The molecule has 0 radical (unpaired) electrons. The highest BCUT2D eigenvalue weighted by Gasteiger charge is 2.31. The average Bonchev–Trinajstić information content (AvgIpc) is 2.36. The van der Waals surface area contributed by atoms with Crippen LogP contribution in [0.15, 0.2) is 0 Å².